The number of rotatable bonds is 4. The molecule has 1 aromatic rings. The third-order valence-electron chi connectivity index (χ3n) is 3.72. The number of likely N-dealkylation sites (tertiary alicyclic amines) is 1. The topological polar surface area (TPSA) is 75.7 Å². The molecule has 1 unspecified atom stereocenters. The molecule has 0 saturated carbocycles. The van der Waals surface area contributed by atoms with Gasteiger partial charge in [0.1, 0.15) is 5.60 Å². The van der Waals surface area contributed by atoms with Crippen molar-refractivity contribution in [1.29, 1.82) is 0 Å². The van der Waals surface area contributed by atoms with E-state index in [9.17, 15) is 14.4 Å². The second-order valence-electron chi connectivity index (χ2n) is 6.81. The Hall–Kier alpha value is -2.37. The van der Waals surface area contributed by atoms with Gasteiger partial charge in [-0.1, -0.05) is 30.3 Å². The van der Waals surface area contributed by atoms with Gasteiger partial charge in [0, 0.05) is 19.5 Å². The maximum absolute atomic E-state index is 12.6. The van der Waals surface area contributed by atoms with Crippen LogP contribution in [-0.2, 0) is 14.3 Å². The number of imide groups is 1. The van der Waals surface area contributed by atoms with Crippen LogP contribution in [0.5, 0.6) is 0 Å². The van der Waals surface area contributed by atoms with Crippen LogP contribution in [0, 0.1) is 0 Å². The number of nitrogens with zero attached hydrogens (tertiary/aromatic N) is 1. The molecule has 6 heteroatoms. The van der Waals surface area contributed by atoms with Crippen LogP contribution in [0.25, 0.3) is 0 Å². The van der Waals surface area contributed by atoms with Crippen LogP contribution in [0.3, 0.4) is 0 Å². The molecule has 1 fully saturated rings. The van der Waals surface area contributed by atoms with Gasteiger partial charge >= 0.3 is 6.09 Å². The Morgan fingerprint density at radius 2 is 1.92 bits per heavy atom. The zero-order chi connectivity index (χ0) is 17.7. The molecule has 1 aromatic carbocycles. The van der Waals surface area contributed by atoms with E-state index in [1.54, 1.807) is 20.8 Å². The third-order valence-corrected chi connectivity index (χ3v) is 3.72. The van der Waals surface area contributed by atoms with E-state index in [0.29, 0.717) is 12.8 Å². The summed E-state index contributed by atoms with van der Waals surface area (Å²) in [6.07, 6.45) is 0.300. The molecule has 0 bridgehead atoms. The van der Waals surface area contributed by atoms with E-state index in [4.69, 9.17) is 4.74 Å². The molecule has 1 N–H and O–H groups in total. The van der Waals surface area contributed by atoms with Crippen LogP contribution in [0.1, 0.15) is 45.1 Å². The summed E-state index contributed by atoms with van der Waals surface area (Å²) in [5.74, 6) is -0.702. The molecule has 1 saturated heterocycles. The number of carbonyl (C=O) groups excluding carboxylic acids is 3. The van der Waals surface area contributed by atoms with Crippen molar-refractivity contribution in [2.75, 3.05) is 13.1 Å². The van der Waals surface area contributed by atoms with E-state index < -0.39 is 11.7 Å². The largest absolute Gasteiger partial charge is 0.444 e. The molecule has 1 heterocycles. The first-order valence-corrected chi connectivity index (χ1v) is 8.14. The van der Waals surface area contributed by atoms with Crippen molar-refractivity contribution < 1.29 is 19.1 Å². The molecule has 6 nitrogen and oxygen atoms in total. The van der Waals surface area contributed by atoms with Gasteiger partial charge in [-0.15, -0.1) is 0 Å². The molecule has 1 atom stereocenters. The zero-order valence-electron chi connectivity index (χ0n) is 14.4. The third kappa shape index (κ3) is 4.81. The molecule has 0 radical (unpaired) electrons. The smallest absolute Gasteiger partial charge is 0.407 e. The highest BCUT2D eigenvalue weighted by Crippen LogP contribution is 2.28. The number of hydrogen-bond acceptors (Lipinski definition) is 4. The molecule has 3 amide bonds. The van der Waals surface area contributed by atoms with Gasteiger partial charge in [-0.05, 0) is 32.8 Å². The summed E-state index contributed by atoms with van der Waals surface area (Å²) in [5, 5.41) is 2.57. The van der Waals surface area contributed by atoms with E-state index in [1.165, 1.54) is 4.90 Å². The van der Waals surface area contributed by atoms with Gasteiger partial charge in [0.15, 0.2) is 0 Å². The highest BCUT2D eigenvalue weighted by atomic mass is 16.6. The number of benzene rings is 1. The second kappa shape index (κ2) is 7.47. The van der Waals surface area contributed by atoms with Crippen LogP contribution in [0.15, 0.2) is 30.3 Å². The summed E-state index contributed by atoms with van der Waals surface area (Å²) in [5.41, 5.74) is 0.333. The molecule has 0 aromatic heterocycles. The lowest BCUT2D eigenvalue weighted by Crippen LogP contribution is -2.47. The summed E-state index contributed by atoms with van der Waals surface area (Å²) < 4.78 is 5.13. The lowest BCUT2D eigenvalue weighted by molar-refractivity contribution is -0.149. The molecule has 2 rings (SSSR count). The molecule has 130 valence electrons. The minimum atomic E-state index is -0.584. The van der Waals surface area contributed by atoms with Crippen molar-refractivity contribution in [3.8, 4) is 0 Å². The van der Waals surface area contributed by atoms with Crippen molar-refractivity contribution in [3.05, 3.63) is 35.9 Å². The van der Waals surface area contributed by atoms with Crippen molar-refractivity contribution in [3.63, 3.8) is 0 Å². The number of nitrogens with one attached hydrogen (secondary N) is 1. The first kappa shape index (κ1) is 18.0. The minimum absolute atomic E-state index is 0.153. The number of amides is 3. The predicted molar refractivity (Wildman–Crippen MR) is 89.4 cm³/mol. The normalized spacial score (nSPS) is 18.5. The number of carbonyl (C=O) groups is 3. The van der Waals surface area contributed by atoms with Crippen LogP contribution < -0.4 is 5.32 Å². The summed E-state index contributed by atoms with van der Waals surface area (Å²) in [7, 11) is 0. The monoisotopic (exact) mass is 332 g/mol. The maximum atomic E-state index is 12.6. The first-order valence-electron chi connectivity index (χ1n) is 8.14. The maximum Gasteiger partial charge on any atom is 0.407 e. The molecule has 1 aliphatic rings. The number of alkyl carbamates (subject to hydrolysis) is 1. The fraction of sp³-hybridized carbons (Fsp3) is 0.500. The highest BCUT2D eigenvalue weighted by molar-refractivity contribution is 6.01. The molecule has 24 heavy (non-hydrogen) atoms. The van der Waals surface area contributed by atoms with Crippen LogP contribution in [0.2, 0.25) is 0 Å². The van der Waals surface area contributed by atoms with Crippen LogP contribution in [0.4, 0.5) is 4.79 Å². The van der Waals surface area contributed by atoms with Gasteiger partial charge in [-0.2, -0.15) is 0 Å². The Bertz CT molecular complexity index is 607. The lowest BCUT2D eigenvalue weighted by atomic mass is 9.89. The minimum Gasteiger partial charge on any atom is -0.444 e. The highest BCUT2D eigenvalue weighted by Gasteiger charge is 2.34. The van der Waals surface area contributed by atoms with Crippen molar-refractivity contribution in [2.45, 2.75) is 45.1 Å². The van der Waals surface area contributed by atoms with Crippen LogP contribution >= 0.6 is 0 Å². The zero-order valence-corrected chi connectivity index (χ0v) is 14.4. The predicted octanol–water partition coefficient (Wildman–Crippen LogP) is 2.44. The Morgan fingerprint density at radius 3 is 2.54 bits per heavy atom. The quantitative estimate of drug-likeness (QED) is 0.859. The second-order valence-corrected chi connectivity index (χ2v) is 6.81. The summed E-state index contributed by atoms with van der Waals surface area (Å²) >= 11 is 0. The average Bonchev–Trinajstić information content (AvgIpc) is 2.50. The van der Waals surface area contributed by atoms with E-state index in [2.05, 4.69) is 5.32 Å². The van der Waals surface area contributed by atoms with E-state index in [-0.39, 0.29) is 30.8 Å². The van der Waals surface area contributed by atoms with E-state index in [0.717, 1.165) is 5.56 Å². The molecule has 1 aliphatic heterocycles. The summed E-state index contributed by atoms with van der Waals surface area (Å²) in [6, 6.07) is 9.45. The lowest BCUT2D eigenvalue weighted by Gasteiger charge is -2.31. The van der Waals surface area contributed by atoms with Gasteiger partial charge in [0.25, 0.3) is 0 Å². The fourth-order valence-electron chi connectivity index (χ4n) is 2.65. The Kier molecular flexibility index (Phi) is 5.59. The standard InChI is InChI=1S/C18H24N2O4/c1-18(2,3)24-17(23)19-11-12-20-15(21)10-9-14(16(20)22)13-7-5-4-6-8-13/h4-8,14H,9-12H2,1-3H3,(H,19,23). The van der Waals surface area contributed by atoms with Gasteiger partial charge < -0.3 is 10.1 Å². The molecular formula is C18H24N2O4. The van der Waals surface area contributed by atoms with Crippen molar-refractivity contribution in [1.82, 2.24) is 10.2 Å². The summed E-state index contributed by atoms with van der Waals surface area (Å²) in [4.78, 5) is 37.5. The number of hydrogen-bond donors (Lipinski definition) is 1. The van der Waals surface area contributed by atoms with Crippen molar-refractivity contribution >= 4 is 17.9 Å². The van der Waals surface area contributed by atoms with E-state index in [1.807, 2.05) is 30.3 Å². The molecule has 0 aliphatic carbocycles. The van der Waals surface area contributed by atoms with Crippen molar-refractivity contribution in [2.24, 2.45) is 0 Å². The molecular weight excluding hydrogens is 308 g/mol. The van der Waals surface area contributed by atoms with Gasteiger partial charge in [0.05, 0.1) is 5.92 Å². The number of piperidine rings is 1. The summed E-state index contributed by atoms with van der Waals surface area (Å²) in [6.45, 7) is 5.65. The Balaban J connectivity index is 1.92. The fourth-order valence-corrected chi connectivity index (χ4v) is 2.65. The Labute approximate surface area is 142 Å². The van der Waals surface area contributed by atoms with Crippen LogP contribution in [-0.4, -0.2) is 41.5 Å². The first-order chi connectivity index (χ1) is 11.3. The number of ether oxygens (including phenoxy) is 1. The molecule has 0 spiro atoms. The van der Waals surface area contributed by atoms with Gasteiger partial charge in [-0.25, -0.2) is 4.79 Å². The van der Waals surface area contributed by atoms with Gasteiger partial charge in [-0.3, -0.25) is 14.5 Å². The SMILES string of the molecule is CC(C)(C)OC(=O)NCCN1C(=O)CCC(c2ccccc2)C1=O. The van der Waals surface area contributed by atoms with Gasteiger partial charge in [0.2, 0.25) is 11.8 Å². The average molecular weight is 332 g/mol. The van der Waals surface area contributed by atoms with E-state index >= 15 is 0 Å². The Morgan fingerprint density at radius 1 is 1.25 bits per heavy atom.